The van der Waals surface area contributed by atoms with Crippen LogP contribution < -0.4 is 10.6 Å². The van der Waals surface area contributed by atoms with Gasteiger partial charge in [0.15, 0.2) is 5.82 Å². The molecule has 1 saturated carbocycles. The maximum Gasteiger partial charge on any atom is 0.319 e. The number of nitrogens with one attached hydrogen (secondary N) is 2. The molecule has 0 aliphatic heterocycles. The Bertz CT molecular complexity index is 451. The first-order chi connectivity index (χ1) is 8.08. The van der Waals surface area contributed by atoms with Crippen molar-refractivity contribution >= 4 is 39.2 Å². The van der Waals surface area contributed by atoms with Crippen LogP contribution in [0.15, 0.2) is 16.6 Å². The Morgan fingerprint density at radius 1 is 1.53 bits per heavy atom. The van der Waals surface area contributed by atoms with Gasteiger partial charge in [0, 0.05) is 11.0 Å². The fourth-order valence-electron chi connectivity index (χ4n) is 1.35. The van der Waals surface area contributed by atoms with Crippen molar-refractivity contribution in [2.45, 2.75) is 12.8 Å². The molecule has 0 aromatic heterocycles. The van der Waals surface area contributed by atoms with Gasteiger partial charge in [0.1, 0.15) is 0 Å². The van der Waals surface area contributed by atoms with Crippen LogP contribution in [-0.2, 0) is 0 Å². The first-order valence-electron chi connectivity index (χ1n) is 5.26. The molecule has 2 N–H and O–H groups in total. The molecule has 1 aliphatic carbocycles. The molecule has 17 heavy (non-hydrogen) atoms. The van der Waals surface area contributed by atoms with E-state index in [1.165, 1.54) is 6.07 Å². The maximum atomic E-state index is 13.6. The molecule has 2 rings (SSSR count). The van der Waals surface area contributed by atoms with E-state index in [1.54, 1.807) is 6.07 Å². The van der Waals surface area contributed by atoms with E-state index in [9.17, 15) is 9.18 Å². The number of carbonyl (C=O) groups is 1. The van der Waals surface area contributed by atoms with Crippen molar-refractivity contribution in [2.75, 3.05) is 11.9 Å². The number of benzene rings is 1. The smallest absolute Gasteiger partial charge is 0.319 e. The average Bonchev–Trinajstić information content (AvgIpc) is 3.11. The van der Waals surface area contributed by atoms with Gasteiger partial charge in [-0.3, -0.25) is 0 Å². The van der Waals surface area contributed by atoms with Crippen LogP contribution in [0.4, 0.5) is 14.9 Å². The minimum absolute atomic E-state index is 0.0370. The van der Waals surface area contributed by atoms with E-state index in [2.05, 4.69) is 26.6 Å². The molecule has 1 aliphatic rings. The second kappa shape index (κ2) is 5.23. The average molecular weight is 322 g/mol. The third-order valence-corrected chi connectivity index (χ3v) is 3.79. The number of urea groups is 1. The molecule has 0 unspecified atom stereocenters. The highest BCUT2D eigenvalue weighted by Gasteiger charge is 2.21. The predicted molar refractivity (Wildman–Crippen MR) is 68.9 cm³/mol. The van der Waals surface area contributed by atoms with Crippen LogP contribution in [0.5, 0.6) is 0 Å². The molecule has 6 heteroatoms. The molecule has 1 fully saturated rings. The summed E-state index contributed by atoms with van der Waals surface area (Å²) in [5.74, 6) is -0.0540. The van der Waals surface area contributed by atoms with Crippen molar-refractivity contribution in [3.63, 3.8) is 0 Å². The number of hydrogen-bond acceptors (Lipinski definition) is 1. The Morgan fingerprint density at radius 3 is 2.88 bits per heavy atom. The number of halogens is 3. The van der Waals surface area contributed by atoms with Crippen molar-refractivity contribution in [2.24, 2.45) is 5.92 Å². The monoisotopic (exact) mass is 320 g/mol. The first-order valence-corrected chi connectivity index (χ1v) is 6.43. The zero-order chi connectivity index (χ0) is 12.4. The van der Waals surface area contributed by atoms with Gasteiger partial charge < -0.3 is 10.6 Å². The summed E-state index contributed by atoms with van der Waals surface area (Å²) < 4.78 is 14.1. The molecule has 92 valence electrons. The summed E-state index contributed by atoms with van der Waals surface area (Å²) in [4.78, 5) is 11.4. The quantitative estimate of drug-likeness (QED) is 0.818. The van der Waals surface area contributed by atoms with E-state index < -0.39 is 11.8 Å². The Morgan fingerprint density at radius 2 is 2.24 bits per heavy atom. The van der Waals surface area contributed by atoms with Crippen molar-refractivity contribution in [3.05, 3.63) is 27.4 Å². The maximum absolute atomic E-state index is 13.6. The second-order valence-electron chi connectivity index (χ2n) is 4.00. The van der Waals surface area contributed by atoms with Crippen molar-refractivity contribution in [3.8, 4) is 0 Å². The molecule has 0 atom stereocenters. The molecule has 0 radical (unpaired) electrons. The molecular formula is C11H11BrClFN2O. The molecule has 1 aromatic rings. The van der Waals surface area contributed by atoms with Gasteiger partial charge >= 0.3 is 6.03 Å². The number of amides is 2. The van der Waals surface area contributed by atoms with E-state index in [4.69, 9.17) is 11.6 Å². The third-order valence-electron chi connectivity index (χ3n) is 2.53. The highest BCUT2D eigenvalue weighted by Crippen LogP contribution is 2.30. The summed E-state index contributed by atoms with van der Waals surface area (Å²) in [6.07, 6.45) is 2.30. The summed E-state index contributed by atoms with van der Waals surface area (Å²) in [6, 6.07) is 2.64. The molecule has 1 aromatic carbocycles. The Hall–Kier alpha value is -0.810. The Balaban J connectivity index is 1.97. The van der Waals surface area contributed by atoms with Crippen LogP contribution >= 0.6 is 27.5 Å². The van der Waals surface area contributed by atoms with Crippen LogP contribution in [0, 0.1) is 11.7 Å². The Kier molecular flexibility index (Phi) is 3.89. The van der Waals surface area contributed by atoms with Gasteiger partial charge in [0.2, 0.25) is 0 Å². The van der Waals surface area contributed by atoms with Crippen LogP contribution in [0.2, 0.25) is 5.02 Å². The fourth-order valence-corrected chi connectivity index (χ4v) is 1.82. The number of carbonyl (C=O) groups excluding carboxylic acids is 1. The van der Waals surface area contributed by atoms with Crippen LogP contribution in [0.3, 0.4) is 0 Å². The van der Waals surface area contributed by atoms with Gasteiger partial charge in [-0.1, -0.05) is 11.6 Å². The van der Waals surface area contributed by atoms with Gasteiger partial charge in [-0.05, 0) is 46.8 Å². The highest BCUT2D eigenvalue weighted by molar-refractivity contribution is 9.10. The van der Waals surface area contributed by atoms with Gasteiger partial charge in [0.25, 0.3) is 0 Å². The lowest BCUT2D eigenvalue weighted by Crippen LogP contribution is -2.30. The topological polar surface area (TPSA) is 41.1 Å². The Labute approximate surface area is 112 Å². The molecule has 0 spiro atoms. The molecule has 0 bridgehead atoms. The summed E-state index contributed by atoms with van der Waals surface area (Å²) in [6.45, 7) is 0.637. The van der Waals surface area contributed by atoms with Gasteiger partial charge in [-0.15, -0.1) is 0 Å². The molecule has 3 nitrogen and oxygen atoms in total. The summed E-state index contributed by atoms with van der Waals surface area (Å²) in [7, 11) is 0. The lowest BCUT2D eigenvalue weighted by Gasteiger charge is -2.09. The van der Waals surface area contributed by atoms with Crippen molar-refractivity contribution in [1.82, 2.24) is 5.32 Å². The summed E-state index contributed by atoms with van der Waals surface area (Å²) >= 11 is 8.81. The summed E-state index contributed by atoms with van der Waals surface area (Å²) in [5.41, 5.74) is 0.0755. The first kappa shape index (κ1) is 12.6. The minimum atomic E-state index is -0.636. The van der Waals surface area contributed by atoms with Crippen LogP contribution in [0.25, 0.3) is 0 Å². The van der Waals surface area contributed by atoms with E-state index in [0.29, 0.717) is 16.9 Å². The normalized spacial score (nSPS) is 14.5. The van der Waals surface area contributed by atoms with E-state index in [1.807, 2.05) is 0 Å². The number of hydrogen-bond donors (Lipinski definition) is 2. The van der Waals surface area contributed by atoms with Gasteiger partial charge in [-0.2, -0.15) is 0 Å². The van der Waals surface area contributed by atoms with Crippen molar-refractivity contribution in [1.29, 1.82) is 0 Å². The number of anilines is 1. The summed E-state index contributed by atoms with van der Waals surface area (Å²) in [5, 5.41) is 5.08. The lowest BCUT2D eigenvalue weighted by atomic mass is 10.3. The van der Waals surface area contributed by atoms with Crippen LogP contribution in [-0.4, -0.2) is 12.6 Å². The standard InChI is InChI=1S/C11H11BrClFN2O/c12-7-3-4-8(10(14)9(7)13)16-11(17)15-5-6-1-2-6/h3-4,6H,1-2,5H2,(H2,15,16,17). The zero-order valence-electron chi connectivity index (χ0n) is 8.90. The van der Waals surface area contributed by atoms with Gasteiger partial charge in [-0.25, -0.2) is 9.18 Å². The lowest BCUT2D eigenvalue weighted by molar-refractivity contribution is 0.251. The SMILES string of the molecule is O=C(NCC1CC1)Nc1ccc(Br)c(Cl)c1F. The van der Waals surface area contributed by atoms with E-state index >= 15 is 0 Å². The van der Waals surface area contributed by atoms with E-state index in [-0.39, 0.29) is 10.7 Å². The predicted octanol–water partition coefficient (Wildman–Crippen LogP) is 3.77. The van der Waals surface area contributed by atoms with E-state index in [0.717, 1.165) is 12.8 Å². The van der Waals surface area contributed by atoms with Gasteiger partial charge in [0.05, 0.1) is 10.7 Å². The highest BCUT2D eigenvalue weighted by atomic mass is 79.9. The second-order valence-corrected chi connectivity index (χ2v) is 5.23. The molecule has 0 heterocycles. The van der Waals surface area contributed by atoms with Crippen molar-refractivity contribution < 1.29 is 9.18 Å². The molecule has 0 saturated heterocycles. The number of rotatable bonds is 3. The molecule has 2 amide bonds. The minimum Gasteiger partial charge on any atom is -0.338 e. The molecular weight excluding hydrogens is 310 g/mol. The third kappa shape index (κ3) is 3.33. The van der Waals surface area contributed by atoms with Crippen LogP contribution in [0.1, 0.15) is 12.8 Å². The fraction of sp³-hybridized carbons (Fsp3) is 0.364. The largest absolute Gasteiger partial charge is 0.338 e. The zero-order valence-corrected chi connectivity index (χ0v) is 11.2.